The van der Waals surface area contributed by atoms with Gasteiger partial charge in [-0.2, -0.15) is 5.26 Å². The van der Waals surface area contributed by atoms with E-state index >= 15 is 0 Å². The van der Waals surface area contributed by atoms with E-state index in [0.717, 1.165) is 16.6 Å². The van der Waals surface area contributed by atoms with Gasteiger partial charge >= 0.3 is 5.69 Å². The molecular weight excluding hydrogens is 312 g/mol. The van der Waals surface area contributed by atoms with Crippen LogP contribution in [0.25, 0.3) is 22.4 Å². The molecule has 0 radical (unpaired) electrons. The Bertz CT molecular complexity index is 1060. The van der Waals surface area contributed by atoms with E-state index in [-0.39, 0.29) is 11.1 Å². The number of nitriles is 1. The van der Waals surface area contributed by atoms with Crippen molar-refractivity contribution in [1.29, 1.82) is 5.26 Å². The summed E-state index contributed by atoms with van der Waals surface area (Å²) in [5.74, 6) is 0. The Morgan fingerprint density at radius 1 is 1.20 bits per heavy atom. The first kappa shape index (κ1) is 17.0. The number of aromatic nitrogens is 3. The standard InChI is InChI=1S/C20H22N4O/c1-13-6-7-15(14(10-13)11-21)16-8-9-17-18(22-16)23(5)19(25)24(17)12-20(2,3)4/h6-10H,12H2,1-5H3. The van der Waals surface area contributed by atoms with Gasteiger partial charge in [0.05, 0.1) is 22.8 Å². The van der Waals surface area contributed by atoms with E-state index in [9.17, 15) is 10.1 Å². The van der Waals surface area contributed by atoms with Crippen LogP contribution in [0.2, 0.25) is 0 Å². The summed E-state index contributed by atoms with van der Waals surface area (Å²) in [6, 6.07) is 11.8. The zero-order valence-corrected chi connectivity index (χ0v) is 15.3. The lowest BCUT2D eigenvalue weighted by Crippen LogP contribution is -2.27. The summed E-state index contributed by atoms with van der Waals surface area (Å²) in [6.07, 6.45) is 0. The Labute approximate surface area is 147 Å². The maximum atomic E-state index is 12.6. The Balaban J connectivity index is 2.22. The molecule has 0 saturated heterocycles. The van der Waals surface area contributed by atoms with Crippen LogP contribution in [0.4, 0.5) is 0 Å². The largest absolute Gasteiger partial charge is 0.330 e. The second-order valence-corrected chi connectivity index (χ2v) is 7.69. The number of aryl methyl sites for hydroxylation is 2. The van der Waals surface area contributed by atoms with Crippen molar-refractivity contribution < 1.29 is 0 Å². The minimum absolute atomic E-state index is 0.0122. The fourth-order valence-electron chi connectivity index (χ4n) is 3.02. The summed E-state index contributed by atoms with van der Waals surface area (Å²) in [5, 5.41) is 9.41. The van der Waals surface area contributed by atoms with E-state index in [1.807, 2.05) is 37.3 Å². The van der Waals surface area contributed by atoms with Crippen molar-refractivity contribution in [2.24, 2.45) is 12.5 Å². The summed E-state index contributed by atoms with van der Waals surface area (Å²) in [7, 11) is 1.74. The molecule has 0 fully saturated rings. The third-order valence-electron chi connectivity index (χ3n) is 4.18. The molecule has 1 aromatic carbocycles. The van der Waals surface area contributed by atoms with Crippen LogP contribution >= 0.6 is 0 Å². The van der Waals surface area contributed by atoms with Crippen molar-refractivity contribution >= 4 is 11.2 Å². The Morgan fingerprint density at radius 3 is 2.56 bits per heavy atom. The average molecular weight is 334 g/mol. The predicted molar refractivity (Wildman–Crippen MR) is 99.3 cm³/mol. The number of fused-ring (bicyclic) bond motifs is 1. The van der Waals surface area contributed by atoms with Gasteiger partial charge in [-0.15, -0.1) is 0 Å². The lowest BCUT2D eigenvalue weighted by molar-refractivity contribution is 0.342. The smallest absolute Gasteiger partial charge is 0.290 e. The highest BCUT2D eigenvalue weighted by molar-refractivity contribution is 5.78. The van der Waals surface area contributed by atoms with Gasteiger partial charge in [0.15, 0.2) is 5.65 Å². The van der Waals surface area contributed by atoms with Crippen molar-refractivity contribution in [2.45, 2.75) is 34.2 Å². The fraction of sp³-hybridized carbons (Fsp3) is 0.350. The van der Waals surface area contributed by atoms with Gasteiger partial charge in [0, 0.05) is 19.2 Å². The summed E-state index contributed by atoms with van der Waals surface area (Å²) in [4.78, 5) is 17.3. The fourth-order valence-corrected chi connectivity index (χ4v) is 3.02. The Hall–Kier alpha value is -2.87. The molecule has 0 saturated carbocycles. The van der Waals surface area contributed by atoms with Gasteiger partial charge in [-0.1, -0.05) is 32.9 Å². The second-order valence-electron chi connectivity index (χ2n) is 7.69. The molecule has 0 aliphatic rings. The number of hydrogen-bond acceptors (Lipinski definition) is 3. The molecule has 0 N–H and O–H groups in total. The maximum Gasteiger partial charge on any atom is 0.330 e. The molecule has 0 unspecified atom stereocenters. The highest BCUT2D eigenvalue weighted by Crippen LogP contribution is 2.26. The van der Waals surface area contributed by atoms with Crippen LogP contribution in [0.5, 0.6) is 0 Å². The third-order valence-corrected chi connectivity index (χ3v) is 4.18. The van der Waals surface area contributed by atoms with Gasteiger partial charge in [-0.3, -0.25) is 9.13 Å². The number of pyridine rings is 1. The molecule has 3 aromatic rings. The highest BCUT2D eigenvalue weighted by Gasteiger charge is 2.19. The van der Waals surface area contributed by atoms with Crippen LogP contribution in [-0.4, -0.2) is 14.1 Å². The molecule has 2 aromatic heterocycles. The maximum absolute atomic E-state index is 12.6. The van der Waals surface area contributed by atoms with Crippen LogP contribution in [0, 0.1) is 23.7 Å². The molecule has 5 heteroatoms. The summed E-state index contributed by atoms with van der Waals surface area (Å²) < 4.78 is 3.34. The lowest BCUT2D eigenvalue weighted by Gasteiger charge is -2.18. The van der Waals surface area contributed by atoms with E-state index < -0.39 is 0 Å². The molecular formula is C20H22N4O. The van der Waals surface area contributed by atoms with E-state index in [1.54, 1.807) is 16.2 Å². The van der Waals surface area contributed by atoms with Crippen LogP contribution < -0.4 is 5.69 Å². The molecule has 25 heavy (non-hydrogen) atoms. The van der Waals surface area contributed by atoms with Crippen LogP contribution in [-0.2, 0) is 13.6 Å². The molecule has 0 amide bonds. The quantitative estimate of drug-likeness (QED) is 0.719. The first-order valence-electron chi connectivity index (χ1n) is 8.29. The predicted octanol–water partition coefficient (Wildman–Crippen LogP) is 3.63. The van der Waals surface area contributed by atoms with E-state index in [1.165, 1.54) is 0 Å². The number of imidazole rings is 1. The first-order valence-corrected chi connectivity index (χ1v) is 8.29. The van der Waals surface area contributed by atoms with Crippen molar-refractivity contribution in [3.8, 4) is 17.3 Å². The monoisotopic (exact) mass is 334 g/mol. The van der Waals surface area contributed by atoms with Crippen LogP contribution in [0.15, 0.2) is 35.1 Å². The van der Waals surface area contributed by atoms with Crippen molar-refractivity contribution in [3.63, 3.8) is 0 Å². The van der Waals surface area contributed by atoms with E-state index in [0.29, 0.717) is 23.4 Å². The topological polar surface area (TPSA) is 63.6 Å². The summed E-state index contributed by atoms with van der Waals surface area (Å²) in [6.45, 7) is 8.89. The van der Waals surface area contributed by atoms with E-state index in [4.69, 9.17) is 0 Å². The second kappa shape index (κ2) is 5.89. The SMILES string of the molecule is Cc1ccc(-c2ccc3c(n2)n(C)c(=O)n3CC(C)(C)C)c(C#N)c1. The number of benzene rings is 1. The molecule has 5 nitrogen and oxygen atoms in total. The molecule has 0 atom stereocenters. The highest BCUT2D eigenvalue weighted by atomic mass is 16.1. The van der Waals surface area contributed by atoms with Crippen LogP contribution in [0.1, 0.15) is 31.9 Å². The number of hydrogen-bond donors (Lipinski definition) is 0. The molecule has 0 spiro atoms. The number of nitrogens with zero attached hydrogens (tertiary/aromatic N) is 4. The Kier molecular flexibility index (Phi) is 4.00. The van der Waals surface area contributed by atoms with Gasteiger partial charge in [0.2, 0.25) is 0 Å². The van der Waals surface area contributed by atoms with Gasteiger partial charge in [0.1, 0.15) is 0 Å². The third kappa shape index (κ3) is 3.08. The molecule has 128 valence electrons. The normalized spacial score (nSPS) is 11.7. The molecule has 3 rings (SSSR count). The molecule has 2 heterocycles. The van der Waals surface area contributed by atoms with Crippen molar-refractivity contribution in [2.75, 3.05) is 0 Å². The zero-order valence-electron chi connectivity index (χ0n) is 15.3. The lowest BCUT2D eigenvalue weighted by atomic mass is 9.97. The van der Waals surface area contributed by atoms with Crippen LogP contribution in [0.3, 0.4) is 0 Å². The Morgan fingerprint density at radius 2 is 1.92 bits per heavy atom. The zero-order chi connectivity index (χ0) is 18.4. The van der Waals surface area contributed by atoms with Gasteiger partial charge < -0.3 is 0 Å². The minimum Gasteiger partial charge on any atom is -0.290 e. The van der Waals surface area contributed by atoms with Crippen molar-refractivity contribution in [1.82, 2.24) is 14.1 Å². The van der Waals surface area contributed by atoms with Gasteiger partial charge in [0.25, 0.3) is 0 Å². The van der Waals surface area contributed by atoms with Gasteiger partial charge in [-0.25, -0.2) is 9.78 Å². The first-order chi connectivity index (χ1) is 11.7. The molecule has 0 bridgehead atoms. The number of rotatable bonds is 2. The van der Waals surface area contributed by atoms with E-state index in [2.05, 4.69) is 31.8 Å². The van der Waals surface area contributed by atoms with Crippen molar-refractivity contribution in [3.05, 3.63) is 51.9 Å². The molecule has 0 aliphatic carbocycles. The minimum atomic E-state index is -0.0704. The summed E-state index contributed by atoms with van der Waals surface area (Å²) >= 11 is 0. The molecule has 0 aliphatic heterocycles. The average Bonchev–Trinajstić information content (AvgIpc) is 2.78. The summed E-state index contributed by atoms with van der Waals surface area (Å²) in [5.41, 5.74) is 4.48. The van der Waals surface area contributed by atoms with Gasteiger partial charge in [-0.05, 0) is 36.1 Å².